The van der Waals surface area contributed by atoms with Gasteiger partial charge in [0, 0.05) is 6.54 Å². The SMILES string of the molecule is CSCCC(NC(=O)C(C)NC(=O)C1CCCN1C(=O)C(N)CO)C(=O)O. The smallest absolute Gasteiger partial charge is 0.326 e. The number of hydrogen-bond acceptors (Lipinski definition) is 7. The van der Waals surface area contributed by atoms with E-state index in [1.165, 1.54) is 23.6 Å². The minimum atomic E-state index is -1.14. The van der Waals surface area contributed by atoms with Crippen LogP contribution in [0, 0.1) is 0 Å². The van der Waals surface area contributed by atoms with Crippen LogP contribution in [-0.4, -0.2) is 88.1 Å². The van der Waals surface area contributed by atoms with Crippen molar-refractivity contribution >= 4 is 35.5 Å². The minimum absolute atomic E-state index is 0.271. The summed E-state index contributed by atoms with van der Waals surface area (Å²) < 4.78 is 0. The van der Waals surface area contributed by atoms with Crippen LogP contribution in [0.15, 0.2) is 0 Å². The van der Waals surface area contributed by atoms with Crippen LogP contribution in [0.2, 0.25) is 0 Å². The minimum Gasteiger partial charge on any atom is -0.480 e. The van der Waals surface area contributed by atoms with Crippen molar-refractivity contribution in [2.24, 2.45) is 5.73 Å². The van der Waals surface area contributed by atoms with Crippen molar-refractivity contribution in [3.63, 3.8) is 0 Å². The van der Waals surface area contributed by atoms with Gasteiger partial charge in [-0.1, -0.05) is 0 Å². The summed E-state index contributed by atoms with van der Waals surface area (Å²) >= 11 is 1.47. The predicted octanol–water partition coefficient (Wildman–Crippen LogP) is -1.88. The molecule has 4 unspecified atom stereocenters. The Balaban J connectivity index is 2.65. The van der Waals surface area contributed by atoms with E-state index in [0.717, 1.165) is 0 Å². The number of amides is 3. The Morgan fingerprint density at radius 3 is 2.52 bits per heavy atom. The number of aliphatic hydroxyl groups is 1. The molecule has 6 N–H and O–H groups in total. The number of carbonyl (C=O) groups is 4. The zero-order valence-electron chi connectivity index (χ0n) is 15.5. The lowest BCUT2D eigenvalue weighted by molar-refractivity contribution is -0.143. The number of carbonyl (C=O) groups excluding carboxylic acids is 3. The van der Waals surface area contributed by atoms with Crippen LogP contribution in [0.25, 0.3) is 0 Å². The summed E-state index contributed by atoms with van der Waals surface area (Å²) in [5.74, 6) is -2.21. The van der Waals surface area contributed by atoms with E-state index in [0.29, 0.717) is 25.1 Å². The fraction of sp³-hybridized carbons (Fsp3) is 0.750. The molecule has 0 spiro atoms. The Bertz CT molecular complexity index is 561. The van der Waals surface area contributed by atoms with E-state index in [2.05, 4.69) is 10.6 Å². The highest BCUT2D eigenvalue weighted by atomic mass is 32.2. The lowest BCUT2D eigenvalue weighted by atomic mass is 10.1. The summed E-state index contributed by atoms with van der Waals surface area (Å²) in [4.78, 5) is 49.3. The molecule has 154 valence electrons. The second-order valence-electron chi connectivity index (χ2n) is 6.39. The van der Waals surface area contributed by atoms with E-state index < -0.39 is 54.5 Å². The first-order valence-electron chi connectivity index (χ1n) is 8.72. The average molecular weight is 404 g/mol. The number of likely N-dealkylation sites (tertiary alicyclic amines) is 1. The van der Waals surface area contributed by atoms with Crippen molar-refractivity contribution in [1.82, 2.24) is 15.5 Å². The molecule has 0 aromatic heterocycles. The standard InChI is InChI=1S/C16H28N4O6S/c1-9(13(22)19-11(16(25)26)5-7-27-2)18-14(23)12-4-3-6-20(12)15(24)10(17)8-21/h9-12,21H,3-8,17H2,1-2H3,(H,18,23)(H,19,22)(H,25,26). The topological polar surface area (TPSA) is 162 Å². The average Bonchev–Trinajstić information content (AvgIpc) is 3.12. The Hall–Kier alpha value is -1.85. The molecule has 4 atom stereocenters. The maximum Gasteiger partial charge on any atom is 0.326 e. The van der Waals surface area contributed by atoms with Crippen LogP contribution in [0.4, 0.5) is 0 Å². The van der Waals surface area contributed by atoms with Gasteiger partial charge in [0.15, 0.2) is 0 Å². The third-order valence-electron chi connectivity index (χ3n) is 4.33. The number of nitrogens with one attached hydrogen (secondary N) is 2. The van der Waals surface area contributed by atoms with Gasteiger partial charge in [-0.25, -0.2) is 4.79 Å². The summed E-state index contributed by atoms with van der Waals surface area (Å²) in [6, 6.07) is -3.85. The molecule has 1 fully saturated rings. The highest BCUT2D eigenvalue weighted by molar-refractivity contribution is 7.98. The monoisotopic (exact) mass is 404 g/mol. The quantitative estimate of drug-likeness (QED) is 0.283. The van der Waals surface area contributed by atoms with E-state index in [9.17, 15) is 19.2 Å². The van der Waals surface area contributed by atoms with E-state index in [4.69, 9.17) is 15.9 Å². The molecule has 0 radical (unpaired) electrons. The van der Waals surface area contributed by atoms with E-state index in [-0.39, 0.29) is 6.42 Å². The van der Waals surface area contributed by atoms with E-state index in [1.54, 1.807) is 0 Å². The molecule has 11 heteroatoms. The molecule has 0 bridgehead atoms. The number of aliphatic carboxylic acids is 1. The fourth-order valence-electron chi connectivity index (χ4n) is 2.76. The van der Waals surface area contributed by atoms with Gasteiger partial charge in [0.1, 0.15) is 24.2 Å². The maximum atomic E-state index is 12.5. The molecule has 1 aliphatic rings. The van der Waals surface area contributed by atoms with Gasteiger partial charge in [0.25, 0.3) is 0 Å². The number of thioether (sulfide) groups is 1. The molecule has 1 rings (SSSR count). The Labute approximate surface area is 162 Å². The first kappa shape index (κ1) is 23.2. The summed E-state index contributed by atoms with van der Waals surface area (Å²) in [6.45, 7) is 1.28. The van der Waals surface area contributed by atoms with Gasteiger partial charge in [-0.3, -0.25) is 14.4 Å². The predicted molar refractivity (Wildman–Crippen MR) is 100.0 cm³/mol. The van der Waals surface area contributed by atoms with Gasteiger partial charge in [-0.05, 0) is 38.2 Å². The molecule has 0 saturated carbocycles. The summed E-state index contributed by atoms with van der Waals surface area (Å²) in [5, 5.41) is 23.1. The Morgan fingerprint density at radius 1 is 1.30 bits per heavy atom. The number of rotatable bonds is 10. The van der Waals surface area contributed by atoms with Crippen molar-refractivity contribution < 1.29 is 29.4 Å². The van der Waals surface area contributed by atoms with Crippen LogP contribution in [0.5, 0.6) is 0 Å². The number of carboxylic acid groups (broad SMARTS) is 1. The molecular weight excluding hydrogens is 376 g/mol. The molecular formula is C16H28N4O6S. The molecule has 10 nitrogen and oxygen atoms in total. The molecule has 1 heterocycles. The number of aliphatic hydroxyl groups excluding tert-OH is 1. The summed E-state index contributed by atoms with van der Waals surface area (Å²) in [5.41, 5.74) is 5.54. The van der Waals surface area contributed by atoms with Crippen LogP contribution in [0.3, 0.4) is 0 Å². The molecule has 1 aliphatic heterocycles. The Kier molecular flexibility index (Phi) is 9.53. The second-order valence-corrected chi connectivity index (χ2v) is 7.38. The largest absolute Gasteiger partial charge is 0.480 e. The number of nitrogens with zero attached hydrogens (tertiary/aromatic N) is 1. The Morgan fingerprint density at radius 2 is 1.96 bits per heavy atom. The van der Waals surface area contributed by atoms with Gasteiger partial charge in [-0.15, -0.1) is 0 Å². The van der Waals surface area contributed by atoms with Crippen LogP contribution in [0.1, 0.15) is 26.2 Å². The van der Waals surface area contributed by atoms with Gasteiger partial charge < -0.3 is 31.5 Å². The number of nitrogens with two attached hydrogens (primary N) is 1. The lowest BCUT2D eigenvalue weighted by Gasteiger charge is -2.27. The van der Waals surface area contributed by atoms with Crippen LogP contribution in [-0.2, 0) is 19.2 Å². The van der Waals surface area contributed by atoms with Crippen molar-refractivity contribution in [3.8, 4) is 0 Å². The van der Waals surface area contributed by atoms with E-state index in [1.807, 2.05) is 6.26 Å². The van der Waals surface area contributed by atoms with Crippen molar-refractivity contribution in [2.75, 3.05) is 25.2 Å². The second kappa shape index (κ2) is 11.1. The molecule has 3 amide bonds. The van der Waals surface area contributed by atoms with Gasteiger partial charge in [0.05, 0.1) is 6.61 Å². The van der Waals surface area contributed by atoms with Gasteiger partial charge >= 0.3 is 5.97 Å². The number of hydrogen-bond donors (Lipinski definition) is 5. The van der Waals surface area contributed by atoms with Crippen molar-refractivity contribution in [3.05, 3.63) is 0 Å². The normalized spacial score (nSPS) is 19.9. The molecule has 0 aromatic carbocycles. The van der Waals surface area contributed by atoms with Gasteiger partial charge in [-0.2, -0.15) is 11.8 Å². The summed E-state index contributed by atoms with van der Waals surface area (Å²) in [7, 11) is 0. The number of carboxylic acids is 1. The van der Waals surface area contributed by atoms with Crippen LogP contribution >= 0.6 is 11.8 Å². The third-order valence-corrected chi connectivity index (χ3v) is 4.97. The molecule has 0 aliphatic carbocycles. The van der Waals surface area contributed by atoms with Crippen molar-refractivity contribution in [2.45, 2.75) is 50.4 Å². The highest BCUT2D eigenvalue weighted by Crippen LogP contribution is 2.18. The first-order valence-corrected chi connectivity index (χ1v) is 10.1. The van der Waals surface area contributed by atoms with Crippen LogP contribution < -0.4 is 16.4 Å². The maximum absolute atomic E-state index is 12.5. The third kappa shape index (κ3) is 6.67. The van der Waals surface area contributed by atoms with Gasteiger partial charge in [0.2, 0.25) is 17.7 Å². The molecule has 27 heavy (non-hydrogen) atoms. The molecule has 1 saturated heterocycles. The van der Waals surface area contributed by atoms with Crippen molar-refractivity contribution in [1.29, 1.82) is 0 Å². The zero-order valence-corrected chi connectivity index (χ0v) is 16.3. The summed E-state index contributed by atoms with van der Waals surface area (Å²) in [6.07, 6.45) is 3.14. The highest BCUT2D eigenvalue weighted by Gasteiger charge is 2.37. The fourth-order valence-corrected chi connectivity index (χ4v) is 3.23. The molecule has 0 aromatic rings. The lowest BCUT2D eigenvalue weighted by Crippen LogP contribution is -2.56. The van der Waals surface area contributed by atoms with E-state index >= 15 is 0 Å². The first-order chi connectivity index (χ1) is 12.7. The zero-order chi connectivity index (χ0) is 20.6.